The number of carboxylic acid groups (broad SMARTS) is 1. The second-order valence-corrected chi connectivity index (χ2v) is 3.40. The van der Waals surface area contributed by atoms with Crippen LogP contribution in [0.1, 0.15) is 13.8 Å². The Morgan fingerprint density at radius 1 is 1.58 bits per heavy atom. The van der Waals surface area contributed by atoms with Crippen molar-refractivity contribution in [3.8, 4) is 0 Å². The van der Waals surface area contributed by atoms with Crippen LogP contribution in [0.4, 0.5) is 0 Å². The molecule has 0 aliphatic rings. The molecule has 0 aliphatic carbocycles. The first-order valence-electron chi connectivity index (χ1n) is 3.24. The molecule has 0 aromatic carbocycles. The highest BCUT2D eigenvalue weighted by molar-refractivity contribution is 7.91. The molecule has 6 heteroatoms. The van der Waals surface area contributed by atoms with E-state index in [1.165, 1.54) is 13.8 Å². The zero-order valence-corrected chi connectivity index (χ0v) is 7.59. The summed E-state index contributed by atoms with van der Waals surface area (Å²) in [7, 11) is -4.06. The maximum Gasteiger partial charge on any atom is 0.349 e. The second-order valence-electron chi connectivity index (χ2n) is 1.82. The van der Waals surface area contributed by atoms with E-state index in [1.807, 2.05) is 0 Å². The first-order chi connectivity index (χ1) is 5.45. The molecule has 0 rings (SSSR count). The van der Waals surface area contributed by atoms with E-state index in [1.54, 1.807) is 0 Å². The third-order valence-electron chi connectivity index (χ3n) is 1.02. The monoisotopic (exact) mass is 194 g/mol. The van der Waals surface area contributed by atoms with Gasteiger partial charge in [0.15, 0.2) is 4.91 Å². The van der Waals surface area contributed by atoms with Crippen molar-refractivity contribution >= 4 is 16.1 Å². The van der Waals surface area contributed by atoms with Crippen molar-refractivity contribution in [2.24, 2.45) is 0 Å². The second kappa shape index (κ2) is 4.22. The zero-order valence-electron chi connectivity index (χ0n) is 6.77. The van der Waals surface area contributed by atoms with E-state index in [0.29, 0.717) is 0 Å². The number of rotatable bonds is 4. The van der Waals surface area contributed by atoms with Crippen LogP contribution in [0.2, 0.25) is 0 Å². The minimum Gasteiger partial charge on any atom is -0.477 e. The molecular weight excluding hydrogens is 184 g/mol. The summed E-state index contributed by atoms with van der Waals surface area (Å²) in [4.78, 5) is 9.59. The fraction of sp³-hybridized carbons (Fsp3) is 0.500. The van der Waals surface area contributed by atoms with E-state index in [2.05, 4.69) is 4.18 Å². The van der Waals surface area contributed by atoms with Crippen LogP contribution < -0.4 is 0 Å². The van der Waals surface area contributed by atoms with E-state index in [-0.39, 0.29) is 6.61 Å². The molecule has 0 radical (unpaired) electrons. The summed E-state index contributed by atoms with van der Waals surface area (Å²) < 4.78 is 26.1. The average molecular weight is 194 g/mol. The van der Waals surface area contributed by atoms with Crippen LogP contribution in [0.5, 0.6) is 0 Å². The summed E-state index contributed by atoms with van der Waals surface area (Å²) in [6, 6.07) is 0. The van der Waals surface area contributed by atoms with Crippen molar-refractivity contribution in [3.63, 3.8) is 0 Å². The maximum absolute atomic E-state index is 10.9. The number of carboxylic acids is 1. The summed E-state index contributed by atoms with van der Waals surface area (Å²) in [6.45, 7) is 2.71. The number of carbonyl (C=O) groups is 1. The Morgan fingerprint density at radius 2 is 2.08 bits per heavy atom. The van der Waals surface area contributed by atoms with Crippen LogP contribution in [0, 0.1) is 0 Å². The highest BCUT2D eigenvalue weighted by Gasteiger charge is 2.23. The summed E-state index contributed by atoms with van der Waals surface area (Å²) in [5, 5.41) is 8.41. The molecule has 0 aromatic rings. The molecule has 0 aliphatic heterocycles. The standard InChI is InChI=1S/C6H10O5S/c1-3-5(6(7)8)12(9,10)11-4-2/h3H,4H2,1-2H3,(H,7,8). The minimum atomic E-state index is -4.06. The number of hydrogen-bond acceptors (Lipinski definition) is 4. The van der Waals surface area contributed by atoms with Crippen LogP contribution in [-0.2, 0) is 19.1 Å². The van der Waals surface area contributed by atoms with Crippen molar-refractivity contribution < 1.29 is 22.5 Å². The minimum absolute atomic E-state index is 0.0764. The van der Waals surface area contributed by atoms with Gasteiger partial charge in [0.2, 0.25) is 0 Å². The van der Waals surface area contributed by atoms with Crippen LogP contribution in [0.25, 0.3) is 0 Å². The smallest absolute Gasteiger partial charge is 0.349 e. The van der Waals surface area contributed by atoms with Crippen molar-refractivity contribution in [2.45, 2.75) is 13.8 Å². The Labute approximate surface area is 70.8 Å². The van der Waals surface area contributed by atoms with E-state index in [4.69, 9.17) is 5.11 Å². The Balaban J connectivity index is 4.89. The van der Waals surface area contributed by atoms with Gasteiger partial charge in [0, 0.05) is 0 Å². The van der Waals surface area contributed by atoms with Crippen LogP contribution >= 0.6 is 0 Å². The van der Waals surface area contributed by atoms with Crippen molar-refractivity contribution in [2.75, 3.05) is 6.61 Å². The lowest BCUT2D eigenvalue weighted by molar-refractivity contribution is -0.131. The van der Waals surface area contributed by atoms with Gasteiger partial charge in [-0.25, -0.2) is 4.79 Å². The van der Waals surface area contributed by atoms with Gasteiger partial charge in [-0.05, 0) is 13.8 Å². The van der Waals surface area contributed by atoms with Crippen molar-refractivity contribution in [1.82, 2.24) is 0 Å². The van der Waals surface area contributed by atoms with Gasteiger partial charge in [-0.3, -0.25) is 4.18 Å². The molecule has 0 unspecified atom stereocenters. The highest BCUT2D eigenvalue weighted by Crippen LogP contribution is 2.08. The lowest BCUT2D eigenvalue weighted by Gasteiger charge is -2.01. The van der Waals surface area contributed by atoms with Gasteiger partial charge in [0.1, 0.15) is 0 Å². The van der Waals surface area contributed by atoms with Gasteiger partial charge < -0.3 is 5.11 Å². The molecule has 0 fully saturated rings. The van der Waals surface area contributed by atoms with Gasteiger partial charge in [-0.15, -0.1) is 0 Å². The predicted octanol–water partition coefficient (Wildman–Crippen LogP) is 0.341. The predicted molar refractivity (Wildman–Crippen MR) is 41.9 cm³/mol. The quantitative estimate of drug-likeness (QED) is 0.515. The van der Waals surface area contributed by atoms with Gasteiger partial charge in [0.05, 0.1) is 6.61 Å². The van der Waals surface area contributed by atoms with Gasteiger partial charge >= 0.3 is 16.1 Å². The molecule has 0 bridgehead atoms. The molecule has 0 amide bonds. The molecule has 1 N–H and O–H groups in total. The Morgan fingerprint density at radius 3 is 2.33 bits per heavy atom. The summed E-state index contributed by atoms with van der Waals surface area (Å²) >= 11 is 0. The molecule has 0 atom stereocenters. The van der Waals surface area contributed by atoms with E-state index >= 15 is 0 Å². The molecule has 0 heterocycles. The van der Waals surface area contributed by atoms with Gasteiger partial charge in [-0.2, -0.15) is 8.42 Å². The van der Waals surface area contributed by atoms with Gasteiger partial charge in [0.25, 0.3) is 0 Å². The summed E-state index contributed by atoms with van der Waals surface area (Å²) in [6.07, 6.45) is 0.979. The first-order valence-corrected chi connectivity index (χ1v) is 4.65. The summed E-state index contributed by atoms with van der Waals surface area (Å²) in [5.74, 6) is -1.51. The first kappa shape index (κ1) is 11.1. The molecule has 5 nitrogen and oxygen atoms in total. The van der Waals surface area contributed by atoms with Crippen LogP contribution in [0.3, 0.4) is 0 Å². The number of allylic oxidation sites excluding steroid dienone is 1. The van der Waals surface area contributed by atoms with Crippen molar-refractivity contribution in [1.29, 1.82) is 0 Å². The molecule has 0 spiro atoms. The zero-order chi connectivity index (χ0) is 9.78. The SMILES string of the molecule is CC=C(C(=O)O)S(=O)(=O)OCC. The Hall–Kier alpha value is -0.880. The number of aliphatic carboxylic acids is 1. The van der Waals surface area contributed by atoms with E-state index in [9.17, 15) is 13.2 Å². The van der Waals surface area contributed by atoms with E-state index in [0.717, 1.165) is 6.08 Å². The molecule has 0 aromatic heterocycles. The molecule has 70 valence electrons. The molecule has 0 saturated carbocycles. The van der Waals surface area contributed by atoms with Gasteiger partial charge in [-0.1, -0.05) is 6.08 Å². The van der Waals surface area contributed by atoms with Crippen LogP contribution in [-0.4, -0.2) is 26.1 Å². The lowest BCUT2D eigenvalue weighted by Crippen LogP contribution is -2.15. The van der Waals surface area contributed by atoms with Crippen molar-refractivity contribution in [3.05, 3.63) is 11.0 Å². The maximum atomic E-state index is 10.9. The third kappa shape index (κ3) is 2.63. The molecular formula is C6H10O5S. The topological polar surface area (TPSA) is 80.7 Å². The average Bonchev–Trinajstić information content (AvgIpc) is 1.86. The molecule has 0 saturated heterocycles. The third-order valence-corrected chi connectivity index (χ3v) is 2.51. The Kier molecular flexibility index (Phi) is 3.91. The van der Waals surface area contributed by atoms with Crippen LogP contribution in [0.15, 0.2) is 11.0 Å². The number of hydrogen-bond donors (Lipinski definition) is 1. The largest absolute Gasteiger partial charge is 0.477 e. The highest BCUT2D eigenvalue weighted by atomic mass is 32.2. The normalized spacial score (nSPS) is 13.0. The Bertz CT molecular complexity index is 287. The lowest BCUT2D eigenvalue weighted by atomic mass is 10.5. The fourth-order valence-corrected chi connectivity index (χ4v) is 1.53. The van der Waals surface area contributed by atoms with E-state index < -0.39 is 21.0 Å². The molecule has 12 heavy (non-hydrogen) atoms. The summed E-state index contributed by atoms with van der Waals surface area (Å²) in [5.41, 5.74) is 0. The fourth-order valence-electron chi connectivity index (χ4n) is 0.593.